The lowest BCUT2D eigenvalue weighted by Gasteiger charge is -2.31. The number of sulfone groups is 1. The molecule has 11 nitrogen and oxygen atoms in total. The molecule has 6 rings (SSSR count). The molecule has 0 radical (unpaired) electrons. The number of carbonyl (C=O) groups is 2. The summed E-state index contributed by atoms with van der Waals surface area (Å²) in [4.78, 5) is 42.5. The summed E-state index contributed by atoms with van der Waals surface area (Å²) in [5.41, 5.74) is -1.14. The molecule has 13 heteroatoms. The van der Waals surface area contributed by atoms with Crippen LogP contribution in [0.1, 0.15) is 47.2 Å². The summed E-state index contributed by atoms with van der Waals surface area (Å²) in [5.74, 6) is -3.05. The van der Waals surface area contributed by atoms with Crippen molar-refractivity contribution < 1.29 is 37.3 Å². The highest BCUT2D eigenvalue weighted by atomic mass is 32.2. The molecule has 0 unspecified atom stereocenters. The van der Waals surface area contributed by atoms with Gasteiger partial charge in [-0.25, -0.2) is 22.6 Å². The molecule has 1 aromatic carbocycles. The van der Waals surface area contributed by atoms with Crippen molar-refractivity contribution in [1.29, 1.82) is 0 Å². The first-order valence-corrected chi connectivity index (χ1v) is 13.5. The van der Waals surface area contributed by atoms with E-state index < -0.39 is 57.1 Å². The smallest absolute Gasteiger partial charge is 0.343 e. The Morgan fingerprint density at radius 3 is 2.74 bits per heavy atom. The highest BCUT2D eigenvalue weighted by molar-refractivity contribution is 7.91. The molecule has 0 bridgehead atoms. The molecule has 0 saturated carbocycles. The Hall–Kier alpha value is -3.68. The molecule has 38 heavy (non-hydrogen) atoms. The monoisotopic (exact) mass is 543 g/mol. The maximum atomic E-state index is 14.9. The first-order valence-electron chi connectivity index (χ1n) is 11.9. The number of rotatable bonds is 3. The first kappa shape index (κ1) is 24.6. The zero-order chi connectivity index (χ0) is 27.3. The molecule has 3 N–H and O–H groups in total. The number of aromatic nitrogens is 2. The summed E-state index contributed by atoms with van der Waals surface area (Å²) in [6.07, 6.45) is -0.0496. The number of esters is 1. The zero-order valence-corrected chi connectivity index (χ0v) is 21.1. The van der Waals surface area contributed by atoms with Gasteiger partial charge in [0.1, 0.15) is 19.0 Å². The number of aliphatic hydroxyl groups excluding tert-OH is 1. The second-order valence-corrected chi connectivity index (χ2v) is 11.7. The Morgan fingerprint density at radius 1 is 1.32 bits per heavy atom. The largest absolute Gasteiger partial charge is 0.458 e. The van der Waals surface area contributed by atoms with Crippen molar-refractivity contribution in [2.75, 3.05) is 12.4 Å². The van der Waals surface area contributed by atoms with Crippen LogP contribution in [0.5, 0.6) is 0 Å². The van der Waals surface area contributed by atoms with Gasteiger partial charge in [-0.1, -0.05) is 6.92 Å². The molecular formula is C25H22FN3O8S. The number of benzene rings is 1. The Morgan fingerprint density at radius 2 is 2.05 bits per heavy atom. The number of fused-ring (bicyclic) bond motifs is 5. The van der Waals surface area contributed by atoms with Crippen molar-refractivity contribution in [3.05, 3.63) is 56.1 Å². The number of nitrogens with zero attached hydrogens (tertiary/aromatic N) is 2. The Bertz CT molecular complexity index is 1800. The average molecular weight is 544 g/mol. The maximum Gasteiger partial charge on any atom is 0.343 e. The fourth-order valence-electron chi connectivity index (χ4n) is 5.82. The predicted octanol–water partition coefficient (Wildman–Crippen LogP) is 0.464. The van der Waals surface area contributed by atoms with E-state index in [1.165, 1.54) is 17.6 Å². The van der Waals surface area contributed by atoms with Gasteiger partial charge in [-0.3, -0.25) is 9.59 Å². The van der Waals surface area contributed by atoms with E-state index in [-0.39, 0.29) is 63.4 Å². The quantitative estimate of drug-likeness (QED) is 0.311. The Balaban J connectivity index is 1.71. The van der Waals surface area contributed by atoms with Gasteiger partial charge in [0.15, 0.2) is 15.4 Å². The minimum Gasteiger partial charge on any atom is -0.458 e. The highest BCUT2D eigenvalue weighted by Crippen LogP contribution is 2.46. The number of halogens is 1. The van der Waals surface area contributed by atoms with E-state index in [0.717, 1.165) is 6.07 Å². The van der Waals surface area contributed by atoms with E-state index >= 15 is 0 Å². The molecule has 3 aliphatic heterocycles. The van der Waals surface area contributed by atoms with Gasteiger partial charge in [-0.15, -0.1) is 0 Å². The topological polar surface area (TPSA) is 165 Å². The van der Waals surface area contributed by atoms with Crippen LogP contribution in [0, 0.1) is 12.7 Å². The standard InChI is InChI=1S/C25H22FN3O8S/c1-3-25(34)13-4-17-21-11(6-29(17)23(32)12(13)8-37-24(25)33)19-16(27-18(31)7-30)9-38(35,36)22-10(2)14(26)5-15(28-21)20(19)22/h4-5,16,30,34H,3,6-9H2,1-2H3,(H,27,31)/t16-,25-/m0/s1. The summed E-state index contributed by atoms with van der Waals surface area (Å²) in [7, 11) is -4.07. The van der Waals surface area contributed by atoms with E-state index in [4.69, 9.17) is 4.74 Å². The van der Waals surface area contributed by atoms with Crippen molar-refractivity contribution in [2.24, 2.45) is 0 Å². The van der Waals surface area contributed by atoms with Gasteiger partial charge in [-0.05, 0) is 25.0 Å². The lowest BCUT2D eigenvalue weighted by atomic mass is 9.86. The van der Waals surface area contributed by atoms with Crippen LogP contribution in [0.25, 0.3) is 22.3 Å². The molecular weight excluding hydrogens is 521 g/mol. The Labute approximate surface area is 214 Å². The minimum atomic E-state index is -4.07. The molecule has 0 aliphatic carbocycles. The highest BCUT2D eigenvalue weighted by Gasteiger charge is 2.46. The summed E-state index contributed by atoms with van der Waals surface area (Å²) >= 11 is 0. The normalized spacial score (nSPS) is 22.4. The van der Waals surface area contributed by atoms with E-state index in [0.29, 0.717) is 11.1 Å². The number of aliphatic hydroxyl groups is 2. The van der Waals surface area contributed by atoms with E-state index in [9.17, 15) is 37.4 Å². The maximum absolute atomic E-state index is 14.9. The fraction of sp³-hybridized carbons (Fsp3) is 0.360. The van der Waals surface area contributed by atoms with Crippen LogP contribution >= 0.6 is 0 Å². The van der Waals surface area contributed by atoms with Gasteiger partial charge in [0.05, 0.1) is 45.7 Å². The van der Waals surface area contributed by atoms with Crippen LogP contribution in [-0.2, 0) is 42.9 Å². The number of hydrogen-bond donors (Lipinski definition) is 3. The van der Waals surface area contributed by atoms with Gasteiger partial charge >= 0.3 is 5.97 Å². The van der Waals surface area contributed by atoms with Gasteiger partial charge in [0.2, 0.25) is 5.91 Å². The molecule has 0 fully saturated rings. The van der Waals surface area contributed by atoms with Crippen LogP contribution in [0.2, 0.25) is 0 Å². The SMILES string of the molecule is CC[C@@]1(O)C(=O)OCc2c1cc1n(c2=O)Cc2c-1nc1cc(F)c(C)c3c1c2[C@@H](NC(=O)CO)CS3(=O)=O. The molecule has 5 heterocycles. The molecule has 1 amide bonds. The summed E-state index contributed by atoms with van der Waals surface area (Å²) in [6.45, 7) is 1.68. The van der Waals surface area contributed by atoms with Crippen molar-refractivity contribution in [3.63, 3.8) is 0 Å². The van der Waals surface area contributed by atoms with Gasteiger partial charge in [0.25, 0.3) is 5.56 Å². The molecule has 3 aromatic rings. The van der Waals surface area contributed by atoms with Crippen LogP contribution in [0.3, 0.4) is 0 Å². The predicted molar refractivity (Wildman–Crippen MR) is 129 cm³/mol. The number of carbonyl (C=O) groups excluding carboxylic acids is 2. The summed E-state index contributed by atoms with van der Waals surface area (Å²) in [6, 6.07) is 1.49. The number of cyclic esters (lactones) is 1. The molecule has 2 aromatic heterocycles. The van der Waals surface area contributed by atoms with Crippen LogP contribution in [0.15, 0.2) is 21.8 Å². The van der Waals surface area contributed by atoms with Crippen molar-refractivity contribution in [2.45, 2.75) is 50.0 Å². The fourth-order valence-corrected chi connectivity index (χ4v) is 7.77. The molecule has 0 saturated heterocycles. The average Bonchev–Trinajstić information content (AvgIpc) is 3.23. The molecule has 198 valence electrons. The number of amides is 1. The van der Waals surface area contributed by atoms with Crippen LogP contribution in [0.4, 0.5) is 4.39 Å². The second-order valence-electron chi connectivity index (χ2n) is 9.72. The number of hydrogen-bond acceptors (Lipinski definition) is 9. The van der Waals surface area contributed by atoms with Gasteiger partial charge < -0.3 is 24.8 Å². The number of pyridine rings is 2. The van der Waals surface area contributed by atoms with E-state index in [2.05, 4.69) is 10.3 Å². The van der Waals surface area contributed by atoms with Gasteiger partial charge in [-0.2, -0.15) is 0 Å². The second kappa shape index (κ2) is 7.91. The number of nitrogens with one attached hydrogen (secondary N) is 1. The third kappa shape index (κ3) is 3.09. The Kier molecular flexibility index (Phi) is 5.13. The van der Waals surface area contributed by atoms with Crippen molar-refractivity contribution in [3.8, 4) is 11.4 Å². The first-order chi connectivity index (χ1) is 17.9. The van der Waals surface area contributed by atoms with Crippen molar-refractivity contribution in [1.82, 2.24) is 14.9 Å². The molecule has 2 atom stereocenters. The van der Waals surface area contributed by atoms with Gasteiger partial charge in [0, 0.05) is 28.1 Å². The van der Waals surface area contributed by atoms with Crippen LogP contribution in [-0.4, -0.2) is 52.4 Å². The van der Waals surface area contributed by atoms with Crippen molar-refractivity contribution >= 4 is 32.6 Å². The lowest BCUT2D eigenvalue weighted by molar-refractivity contribution is -0.172. The zero-order valence-electron chi connectivity index (χ0n) is 20.3. The van der Waals surface area contributed by atoms with E-state index in [1.807, 2.05) is 0 Å². The lowest BCUT2D eigenvalue weighted by Crippen LogP contribution is -2.44. The third-order valence-corrected chi connectivity index (χ3v) is 9.59. The third-order valence-electron chi connectivity index (χ3n) is 7.68. The molecule has 3 aliphatic rings. The summed E-state index contributed by atoms with van der Waals surface area (Å²) in [5, 5.41) is 23.1. The summed E-state index contributed by atoms with van der Waals surface area (Å²) < 4.78 is 47.9. The van der Waals surface area contributed by atoms with Crippen LogP contribution < -0.4 is 10.9 Å². The number of ether oxygens (including phenoxy) is 1. The molecule has 0 spiro atoms. The van der Waals surface area contributed by atoms with E-state index in [1.54, 1.807) is 6.92 Å². The minimum absolute atomic E-state index is 0.00663.